The highest BCUT2D eigenvalue weighted by Gasteiger charge is 2.28. The number of amides is 2. The maximum atomic E-state index is 12.5. The molecule has 2 aromatic rings. The van der Waals surface area contributed by atoms with Crippen LogP contribution < -0.4 is 11.1 Å². The zero-order chi connectivity index (χ0) is 20.3. The van der Waals surface area contributed by atoms with Crippen molar-refractivity contribution >= 4 is 40.1 Å². The number of carbonyl (C=O) groups is 4. The molecule has 2 rings (SSSR count). The Morgan fingerprint density at radius 1 is 1.37 bits per heavy atom. The van der Waals surface area contributed by atoms with E-state index in [4.69, 9.17) is 10.5 Å². The quantitative estimate of drug-likeness (QED) is 0.600. The lowest BCUT2D eigenvalue weighted by atomic mass is 10.1. The second-order valence-corrected chi connectivity index (χ2v) is 6.57. The Bertz CT molecular complexity index is 930. The van der Waals surface area contributed by atoms with Crippen LogP contribution in [0.15, 0.2) is 6.20 Å². The van der Waals surface area contributed by atoms with Crippen molar-refractivity contribution in [2.45, 2.75) is 20.3 Å². The summed E-state index contributed by atoms with van der Waals surface area (Å²) in [5.74, 6) is -3.58. The van der Waals surface area contributed by atoms with E-state index in [1.165, 1.54) is 14.0 Å². The van der Waals surface area contributed by atoms with Crippen LogP contribution in [0.4, 0.5) is 5.00 Å². The first kappa shape index (κ1) is 20.1. The van der Waals surface area contributed by atoms with E-state index < -0.39 is 23.8 Å². The van der Waals surface area contributed by atoms with Crippen LogP contribution in [0.3, 0.4) is 0 Å². The van der Waals surface area contributed by atoms with Gasteiger partial charge in [0.15, 0.2) is 5.69 Å². The number of aryl methyl sites for hydroxylation is 1. The lowest BCUT2D eigenvalue weighted by molar-refractivity contribution is 0.0505. The molecule has 0 fully saturated rings. The molecule has 0 saturated carbocycles. The van der Waals surface area contributed by atoms with Gasteiger partial charge in [0.1, 0.15) is 5.00 Å². The number of ether oxygens (including phenoxy) is 1. The number of anilines is 1. The van der Waals surface area contributed by atoms with Crippen LogP contribution in [0.1, 0.15) is 59.8 Å². The van der Waals surface area contributed by atoms with Crippen molar-refractivity contribution < 1.29 is 29.0 Å². The summed E-state index contributed by atoms with van der Waals surface area (Å²) in [4.78, 5) is 47.9. The Hall–Kier alpha value is -3.21. The van der Waals surface area contributed by atoms with Gasteiger partial charge in [-0.05, 0) is 18.9 Å². The van der Waals surface area contributed by atoms with Crippen LogP contribution in [0.5, 0.6) is 0 Å². The minimum atomic E-state index is -1.33. The van der Waals surface area contributed by atoms with Crippen molar-refractivity contribution in [1.29, 1.82) is 0 Å². The van der Waals surface area contributed by atoms with E-state index in [2.05, 4.69) is 10.4 Å². The third kappa shape index (κ3) is 3.97. The maximum Gasteiger partial charge on any atom is 0.354 e. The molecule has 11 heteroatoms. The summed E-state index contributed by atoms with van der Waals surface area (Å²) in [5.41, 5.74) is 5.11. The molecule has 0 aliphatic carbocycles. The van der Waals surface area contributed by atoms with Gasteiger partial charge in [-0.2, -0.15) is 5.10 Å². The van der Waals surface area contributed by atoms with Gasteiger partial charge in [-0.15, -0.1) is 11.3 Å². The molecular weight excluding hydrogens is 376 g/mol. The number of nitrogens with one attached hydrogen (secondary N) is 1. The number of nitrogens with zero attached hydrogens (tertiary/aromatic N) is 2. The fraction of sp³-hybridized carbons (Fsp3) is 0.312. The van der Waals surface area contributed by atoms with E-state index in [1.807, 2.05) is 6.92 Å². The van der Waals surface area contributed by atoms with Crippen LogP contribution in [0.2, 0.25) is 0 Å². The van der Waals surface area contributed by atoms with E-state index in [0.29, 0.717) is 6.42 Å². The molecule has 0 aliphatic rings. The van der Waals surface area contributed by atoms with Crippen LogP contribution >= 0.6 is 11.3 Å². The van der Waals surface area contributed by atoms with Gasteiger partial charge < -0.3 is 20.9 Å². The largest absolute Gasteiger partial charge is 0.477 e. The number of primary amides is 1. The average Bonchev–Trinajstić information content (AvgIpc) is 3.13. The average molecular weight is 394 g/mol. The van der Waals surface area contributed by atoms with Gasteiger partial charge in [0.05, 0.1) is 28.8 Å². The van der Waals surface area contributed by atoms with Crippen LogP contribution in [0, 0.1) is 6.92 Å². The summed E-state index contributed by atoms with van der Waals surface area (Å²) < 4.78 is 6.14. The first-order valence-corrected chi connectivity index (χ1v) is 8.67. The molecule has 2 heterocycles. The highest BCUT2D eigenvalue weighted by atomic mass is 32.1. The lowest BCUT2D eigenvalue weighted by Crippen LogP contribution is -2.18. The molecule has 144 valence electrons. The molecule has 2 aromatic heterocycles. The minimum Gasteiger partial charge on any atom is -0.477 e. The monoisotopic (exact) mass is 394 g/mol. The number of carbonyl (C=O) groups excluding carboxylic acids is 3. The number of nitrogens with two attached hydrogens (primary N) is 1. The van der Waals surface area contributed by atoms with Gasteiger partial charge in [-0.3, -0.25) is 14.3 Å². The van der Waals surface area contributed by atoms with Gasteiger partial charge in [-0.25, -0.2) is 9.59 Å². The van der Waals surface area contributed by atoms with E-state index in [-0.39, 0.29) is 38.9 Å². The van der Waals surface area contributed by atoms with Crippen LogP contribution in [0.25, 0.3) is 0 Å². The maximum absolute atomic E-state index is 12.5. The predicted octanol–water partition coefficient (Wildman–Crippen LogP) is 1.41. The number of aromatic carboxylic acids is 1. The Morgan fingerprint density at radius 2 is 2.04 bits per heavy atom. The number of hydrogen-bond donors (Lipinski definition) is 3. The van der Waals surface area contributed by atoms with Crippen molar-refractivity contribution in [3.8, 4) is 0 Å². The molecule has 0 aliphatic heterocycles. The molecule has 0 saturated heterocycles. The van der Waals surface area contributed by atoms with Gasteiger partial charge in [0.25, 0.3) is 11.8 Å². The second kappa shape index (κ2) is 7.99. The molecule has 0 bridgehead atoms. The smallest absolute Gasteiger partial charge is 0.354 e. The fourth-order valence-electron chi connectivity index (χ4n) is 2.38. The molecule has 10 nitrogen and oxygen atoms in total. The fourth-order valence-corrected chi connectivity index (χ4v) is 3.42. The summed E-state index contributed by atoms with van der Waals surface area (Å²) in [6, 6.07) is 0. The van der Waals surface area contributed by atoms with Crippen molar-refractivity contribution in [1.82, 2.24) is 9.78 Å². The molecular formula is C16H18N4O6S. The number of hydrogen-bond acceptors (Lipinski definition) is 7. The SMILES string of the molecule is CCCOC(=O)c1c(NC(=O)c2cnn(C)c2C(=O)O)sc(C(N)=O)c1C. The Balaban J connectivity index is 2.44. The van der Waals surface area contributed by atoms with Crippen molar-refractivity contribution in [2.24, 2.45) is 12.8 Å². The minimum absolute atomic E-state index is 0.0105. The van der Waals surface area contributed by atoms with Crippen molar-refractivity contribution in [3.05, 3.63) is 33.5 Å². The summed E-state index contributed by atoms with van der Waals surface area (Å²) >= 11 is 0.818. The third-order valence-corrected chi connectivity index (χ3v) is 4.85. The van der Waals surface area contributed by atoms with Gasteiger partial charge >= 0.3 is 11.9 Å². The summed E-state index contributed by atoms with van der Waals surface area (Å²) in [5, 5.41) is 15.5. The number of esters is 1. The Morgan fingerprint density at radius 3 is 2.59 bits per heavy atom. The standard InChI is InChI=1S/C16H18N4O6S/c1-4-5-26-16(25)9-7(2)11(12(17)21)27-14(9)19-13(22)8-6-18-20(3)10(8)15(23)24/h6H,4-5H2,1-3H3,(H2,17,21)(H,19,22)(H,23,24). The zero-order valence-corrected chi connectivity index (χ0v) is 15.7. The molecule has 0 unspecified atom stereocenters. The predicted molar refractivity (Wildman–Crippen MR) is 96.3 cm³/mol. The Labute approximate surface area is 157 Å². The van der Waals surface area contributed by atoms with Crippen LogP contribution in [-0.2, 0) is 11.8 Å². The molecule has 27 heavy (non-hydrogen) atoms. The Kier molecular flexibility index (Phi) is 5.95. The summed E-state index contributed by atoms with van der Waals surface area (Å²) in [6.45, 7) is 3.50. The van der Waals surface area contributed by atoms with Gasteiger partial charge in [0, 0.05) is 7.05 Å². The first-order valence-electron chi connectivity index (χ1n) is 7.85. The van der Waals surface area contributed by atoms with E-state index >= 15 is 0 Å². The third-order valence-electron chi connectivity index (χ3n) is 3.63. The molecule has 0 spiro atoms. The molecule has 0 radical (unpaired) electrons. The number of carboxylic acid groups (broad SMARTS) is 1. The van der Waals surface area contributed by atoms with Gasteiger partial charge in [-0.1, -0.05) is 6.92 Å². The highest BCUT2D eigenvalue weighted by Crippen LogP contribution is 2.34. The summed E-state index contributed by atoms with van der Waals surface area (Å²) in [7, 11) is 1.38. The van der Waals surface area contributed by atoms with E-state index in [9.17, 15) is 24.3 Å². The summed E-state index contributed by atoms with van der Waals surface area (Å²) in [6.07, 6.45) is 1.69. The van der Waals surface area contributed by atoms with Crippen molar-refractivity contribution in [2.75, 3.05) is 11.9 Å². The van der Waals surface area contributed by atoms with Gasteiger partial charge in [0.2, 0.25) is 0 Å². The van der Waals surface area contributed by atoms with E-state index in [1.54, 1.807) is 0 Å². The number of carboxylic acids is 1. The number of rotatable bonds is 7. The zero-order valence-electron chi connectivity index (χ0n) is 14.9. The second-order valence-electron chi connectivity index (χ2n) is 5.55. The lowest BCUT2D eigenvalue weighted by Gasteiger charge is -2.07. The molecule has 2 amide bonds. The highest BCUT2D eigenvalue weighted by molar-refractivity contribution is 7.18. The first-order chi connectivity index (χ1) is 12.7. The topological polar surface area (TPSA) is 154 Å². The molecule has 4 N–H and O–H groups in total. The normalized spacial score (nSPS) is 10.5. The number of aromatic nitrogens is 2. The molecule has 0 atom stereocenters. The van der Waals surface area contributed by atoms with Crippen molar-refractivity contribution in [3.63, 3.8) is 0 Å². The van der Waals surface area contributed by atoms with Crippen LogP contribution in [-0.4, -0.2) is 45.2 Å². The molecule has 0 aromatic carbocycles. The van der Waals surface area contributed by atoms with E-state index in [0.717, 1.165) is 22.2 Å². The number of thiophene rings is 1.